The van der Waals surface area contributed by atoms with Crippen molar-refractivity contribution in [1.82, 2.24) is 10.3 Å². The lowest BCUT2D eigenvalue weighted by Crippen LogP contribution is -2.19. The molecule has 2 rings (SSSR count). The van der Waals surface area contributed by atoms with Gasteiger partial charge < -0.3 is 10.1 Å². The fourth-order valence-electron chi connectivity index (χ4n) is 2.28. The minimum absolute atomic E-state index is 0.0876. The Bertz CT molecular complexity index is 404. The summed E-state index contributed by atoms with van der Waals surface area (Å²) in [5.41, 5.74) is 1.40. The second-order valence-electron chi connectivity index (χ2n) is 6.15. The van der Waals surface area contributed by atoms with Gasteiger partial charge in [0.25, 0.3) is 0 Å². The van der Waals surface area contributed by atoms with E-state index in [4.69, 9.17) is 9.72 Å². The normalized spacial score (nSPS) is 18.1. The van der Waals surface area contributed by atoms with E-state index in [1.54, 1.807) is 7.11 Å². The maximum atomic E-state index is 5.67. The third-order valence-corrected chi connectivity index (χ3v) is 4.41. The van der Waals surface area contributed by atoms with Crippen molar-refractivity contribution in [2.24, 2.45) is 5.41 Å². The number of aromatic nitrogens is 1. The number of ether oxygens (including phenoxy) is 1. The number of thiazole rings is 1. The van der Waals surface area contributed by atoms with Crippen LogP contribution in [0.4, 0.5) is 0 Å². The molecular weight excluding hydrogens is 244 g/mol. The van der Waals surface area contributed by atoms with Crippen LogP contribution in [0.2, 0.25) is 0 Å². The molecule has 0 saturated heterocycles. The van der Waals surface area contributed by atoms with E-state index in [1.165, 1.54) is 23.4 Å². The highest BCUT2D eigenvalue weighted by Crippen LogP contribution is 2.45. The van der Waals surface area contributed by atoms with E-state index >= 15 is 0 Å². The largest absolute Gasteiger partial charge is 0.374 e. The van der Waals surface area contributed by atoms with Gasteiger partial charge in [0.1, 0.15) is 11.1 Å². The molecule has 0 aromatic carbocycles. The standard InChI is InChI=1S/C14H24N2OS/c1-14(2,3)12(17-5)13-16-11(9-6-7-9)10(18-13)8-15-4/h9,12,15H,6-8H2,1-5H3. The van der Waals surface area contributed by atoms with E-state index in [9.17, 15) is 0 Å². The maximum absolute atomic E-state index is 5.67. The molecule has 0 bridgehead atoms. The highest BCUT2D eigenvalue weighted by molar-refractivity contribution is 7.11. The Balaban J connectivity index is 2.30. The first-order chi connectivity index (χ1) is 8.47. The molecule has 1 N–H and O–H groups in total. The van der Waals surface area contributed by atoms with Gasteiger partial charge in [0, 0.05) is 24.4 Å². The summed E-state index contributed by atoms with van der Waals surface area (Å²) < 4.78 is 5.67. The van der Waals surface area contributed by atoms with Crippen LogP contribution < -0.4 is 5.32 Å². The lowest BCUT2D eigenvalue weighted by Gasteiger charge is -2.27. The highest BCUT2D eigenvalue weighted by atomic mass is 32.1. The highest BCUT2D eigenvalue weighted by Gasteiger charge is 2.34. The number of methoxy groups -OCH3 is 1. The zero-order valence-electron chi connectivity index (χ0n) is 12.0. The number of nitrogens with one attached hydrogen (secondary N) is 1. The number of nitrogens with zero attached hydrogens (tertiary/aromatic N) is 1. The van der Waals surface area contributed by atoms with Gasteiger partial charge in [-0.3, -0.25) is 0 Å². The number of hydrogen-bond donors (Lipinski definition) is 1. The second kappa shape index (κ2) is 5.27. The van der Waals surface area contributed by atoms with E-state index in [-0.39, 0.29) is 11.5 Å². The molecule has 0 radical (unpaired) electrons. The van der Waals surface area contributed by atoms with Gasteiger partial charge >= 0.3 is 0 Å². The van der Waals surface area contributed by atoms with Gasteiger partial charge in [0.05, 0.1) is 5.69 Å². The number of hydrogen-bond acceptors (Lipinski definition) is 4. The van der Waals surface area contributed by atoms with E-state index in [2.05, 4.69) is 26.1 Å². The van der Waals surface area contributed by atoms with Crippen LogP contribution in [-0.4, -0.2) is 19.1 Å². The van der Waals surface area contributed by atoms with E-state index in [0.29, 0.717) is 5.92 Å². The summed E-state index contributed by atoms with van der Waals surface area (Å²) in [6, 6.07) is 0. The van der Waals surface area contributed by atoms with Crippen LogP contribution in [0.25, 0.3) is 0 Å². The predicted molar refractivity (Wildman–Crippen MR) is 76.1 cm³/mol. The van der Waals surface area contributed by atoms with Crippen molar-refractivity contribution < 1.29 is 4.74 Å². The zero-order valence-corrected chi connectivity index (χ0v) is 12.9. The first-order valence-electron chi connectivity index (χ1n) is 6.64. The summed E-state index contributed by atoms with van der Waals surface area (Å²) in [6.07, 6.45) is 2.69. The molecule has 1 aromatic heterocycles. The van der Waals surface area contributed by atoms with Crippen LogP contribution in [-0.2, 0) is 11.3 Å². The quantitative estimate of drug-likeness (QED) is 0.888. The summed E-state index contributed by atoms with van der Waals surface area (Å²) in [5, 5.41) is 4.38. The van der Waals surface area contributed by atoms with Crippen molar-refractivity contribution in [2.45, 2.75) is 52.2 Å². The Kier molecular flexibility index (Phi) is 4.09. The van der Waals surface area contributed by atoms with Crippen molar-refractivity contribution in [2.75, 3.05) is 14.2 Å². The molecule has 1 aliphatic rings. The lowest BCUT2D eigenvalue weighted by molar-refractivity contribution is 0.0149. The van der Waals surface area contributed by atoms with Gasteiger partial charge in [-0.25, -0.2) is 4.98 Å². The average Bonchev–Trinajstić information content (AvgIpc) is 3.02. The third kappa shape index (κ3) is 2.92. The molecule has 102 valence electrons. The van der Waals surface area contributed by atoms with Crippen LogP contribution in [0.5, 0.6) is 0 Å². The summed E-state index contributed by atoms with van der Waals surface area (Å²) >= 11 is 1.81. The summed E-state index contributed by atoms with van der Waals surface area (Å²) in [5.74, 6) is 0.704. The predicted octanol–water partition coefficient (Wildman–Crippen LogP) is 3.47. The minimum Gasteiger partial charge on any atom is -0.374 e. The first-order valence-corrected chi connectivity index (χ1v) is 7.46. The van der Waals surface area contributed by atoms with Crippen molar-refractivity contribution in [3.05, 3.63) is 15.6 Å². The molecule has 1 aromatic rings. The monoisotopic (exact) mass is 268 g/mol. The molecule has 1 heterocycles. The molecule has 1 saturated carbocycles. The Morgan fingerprint density at radius 1 is 1.44 bits per heavy atom. The van der Waals surface area contributed by atoms with E-state index in [1.807, 2.05) is 18.4 Å². The maximum Gasteiger partial charge on any atom is 0.123 e. The van der Waals surface area contributed by atoms with Crippen LogP contribution >= 0.6 is 11.3 Å². The van der Waals surface area contributed by atoms with Crippen molar-refractivity contribution >= 4 is 11.3 Å². The molecule has 4 heteroatoms. The fraction of sp³-hybridized carbons (Fsp3) is 0.786. The third-order valence-electron chi connectivity index (χ3n) is 3.29. The molecule has 18 heavy (non-hydrogen) atoms. The zero-order chi connectivity index (χ0) is 13.3. The fourth-order valence-corrected chi connectivity index (χ4v) is 3.77. The smallest absolute Gasteiger partial charge is 0.123 e. The summed E-state index contributed by atoms with van der Waals surface area (Å²) in [7, 11) is 3.78. The Hall–Kier alpha value is -0.450. The SMILES string of the molecule is CNCc1sc(C(OC)C(C)(C)C)nc1C1CC1. The first kappa shape index (κ1) is 14.0. The molecule has 1 unspecified atom stereocenters. The van der Waals surface area contributed by atoms with Gasteiger partial charge in [0.2, 0.25) is 0 Å². The molecule has 0 spiro atoms. The van der Waals surface area contributed by atoms with Crippen molar-refractivity contribution in [1.29, 1.82) is 0 Å². The topological polar surface area (TPSA) is 34.1 Å². The molecule has 0 aliphatic heterocycles. The summed E-state index contributed by atoms with van der Waals surface area (Å²) in [4.78, 5) is 6.27. The molecule has 1 atom stereocenters. The number of rotatable bonds is 5. The average molecular weight is 268 g/mol. The van der Waals surface area contributed by atoms with Crippen molar-refractivity contribution in [3.63, 3.8) is 0 Å². The van der Waals surface area contributed by atoms with Gasteiger partial charge in [-0.15, -0.1) is 11.3 Å². The molecule has 1 aliphatic carbocycles. The lowest BCUT2D eigenvalue weighted by atomic mass is 9.89. The molecule has 0 amide bonds. The van der Waals surface area contributed by atoms with Crippen LogP contribution in [0.15, 0.2) is 0 Å². The van der Waals surface area contributed by atoms with Crippen LogP contribution in [0.1, 0.15) is 61.2 Å². The van der Waals surface area contributed by atoms with Crippen LogP contribution in [0.3, 0.4) is 0 Å². The van der Waals surface area contributed by atoms with Gasteiger partial charge in [-0.05, 0) is 25.3 Å². The molecular formula is C14H24N2OS. The van der Waals surface area contributed by atoms with E-state index in [0.717, 1.165) is 11.6 Å². The minimum atomic E-state index is 0.0876. The molecule has 1 fully saturated rings. The second-order valence-corrected chi connectivity index (χ2v) is 7.26. The van der Waals surface area contributed by atoms with Gasteiger partial charge in [-0.2, -0.15) is 0 Å². The Labute approximate surface area is 114 Å². The Morgan fingerprint density at radius 2 is 2.11 bits per heavy atom. The van der Waals surface area contributed by atoms with Gasteiger partial charge in [0.15, 0.2) is 0 Å². The molecule has 3 nitrogen and oxygen atoms in total. The Morgan fingerprint density at radius 3 is 2.56 bits per heavy atom. The van der Waals surface area contributed by atoms with E-state index < -0.39 is 0 Å². The van der Waals surface area contributed by atoms with Crippen LogP contribution in [0, 0.1) is 5.41 Å². The van der Waals surface area contributed by atoms with Gasteiger partial charge in [-0.1, -0.05) is 20.8 Å². The van der Waals surface area contributed by atoms with Crippen molar-refractivity contribution in [3.8, 4) is 0 Å². The summed E-state index contributed by atoms with van der Waals surface area (Å²) in [6.45, 7) is 7.54.